The maximum atomic E-state index is 14.2. The summed E-state index contributed by atoms with van der Waals surface area (Å²) in [6.07, 6.45) is 5.53. The standard InChI is InChI=1S/C21H18F3N7O2/c1-29-11-25-8-18(29)19-26-7-16(24)20(28-19)33-15-9-30(10-15)21(32)31-17(2-3-27-31)12-4-13(22)6-14(23)5-12/h3-8,11,15,17H,2,9-10H2,1H3. The number of hydrogen-bond acceptors (Lipinski definition) is 6. The number of benzene rings is 1. The molecule has 1 fully saturated rings. The predicted molar refractivity (Wildman–Crippen MR) is 110 cm³/mol. The van der Waals surface area contributed by atoms with Gasteiger partial charge in [0, 0.05) is 25.7 Å². The number of hydrazone groups is 1. The summed E-state index contributed by atoms with van der Waals surface area (Å²) in [5.74, 6) is -2.12. The van der Waals surface area contributed by atoms with Crippen molar-refractivity contribution < 1.29 is 22.7 Å². The van der Waals surface area contributed by atoms with Crippen LogP contribution in [-0.4, -0.2) is 60.9 Å². The zero-order chi connectivity index (χ0) is 23.1. The van der Waals surface area contributed by atoms with Gasteiger partial charge in [0.25, 0.3) is 5.88 Å². The number of carbonyl (C=O) groups is 1. The smallest absolute Gasteiger partial charge is 0.341 e. The Morgan fingerprint density at radius 1 is 1.12 bits per heavy atom. The first-order valence-electron chi connectivity index (χ1n) is 10.1. The van der Waals surface area contributed by atoms with Crippen LogP contribution in [-0.2, 0) is 7.05 Å². The number of hydrogen-bond donors (Lipinski definition) is 0. The van der Waals surface area contributed by atoms with Gasteiger partial charge in [0.1, 0.15) is 23.4 Å². The van der Waals surface area contributed by atoms with Gasteiger partial charge in [-0.3, -0.25) is 0 Å². The van der Waals surface area contributed by atoms with Gasteiger partial charge in [0.2, 0.25) is 5.82 Å². The van der Waals surface area contributed by atoms with Gasteiger partial charge in [0.15, 0.2) is 5.82 Å². The van der Waals surface area contributed by atoms with Gasteiger partial charge in [-0.05, 0) is 17.7 Å². The molecule has 2 aliphatic heterocycles. The number of rotatable bonds is 4. The van der Waals surface area contributed by atoms with E-state index in [1.54, 1.807) is 24.1 Å². The molecule has 0 aliphatic carbocycles. The largest absolute Gasteiger partial charge is 0.468 e. The average molecular weight is 457 g/mol. The van der Waals surface area contributed by atoms with Crippen molar-refractivity contribution in [1.29, 1.82) is 0 Å². The highest BCUT2D eigenvalue weighted by Crippen LogP contribution is 2.31. The van der Waals surface area contributed by atoms with E-state index >= 15 is 0 Å². The highest BCUT2D eigenvalue weighted by atomic mass is 19.1. The molecule has 0 spiro atoms. The summed E-state index contributed by atoms with van der Waals surface area (Å²) in [5, 5.41) is 5.26. The molecule has 3 aromatic rings. The highest BCUT2D eigenvalue weighted by molar-refractivity contribution is 5.79. The Morgan fingerprint density at radius 3 is 2.58 bits per heavy atom. The van der Waals surface area contributed by atoms with Gasteiger partial charge in [-0.15, -0.1) is 0 Å². The molecule has 0 radical (unpaired) electrons. The fourth-order valence-corrected chi connectivity index (χ4v) is 3.74. The number of carbonyl (C=O) groups excluding carboxylic acids is 1. The van der Waals surface area contributed by atoms with Crippen molar-refractivity contribution in [2.75, 3.05) is 13.1 Å². The molecule has 2 amide bonds. The third-order valence-corrected chi connectivity index (χ3v) is 5.45. The van der Waals surface area contributed by atoms with E-state index in [4.69, 9.17) is 4.74 Å². The molecule has 4 heterocycles. The number of urea groups is 1. The molecule has 1 atom stereocenters. The summed E-state index contributed by atoms with van der Waals surface area (Å²) >= 11 is 0. The number of aryl methyl sites for hydroxylation is 1. The minimum atomic E-state index is -0.723. The van der Waals surface area contributed by atoms with E-state index in [-0.39, 0.29) is 24.8 Å². The van der Waals surface area contributed by atoms with Crippen LogP contribution >= 0.6 is 0 Å². The maximum Gasteiger partial charge on any atom is 0.341 e. The third kappa shape index (κ3) is 3.99. The minimum absolute atomic E-state index is 0.180. The Balaban J connectivity index is 1.24. The van der Waals surface area contributed by atoms with Crippen LogP contribution < -0.4 is 4.74 Å². The minimum Gasteiger partial charge on any atom is -0.468 e. The Morgan fingerprint density at radius 2 is 1.88 bits per heavy atom. The molecular weight excluding hydrogens is 439 g/mol. The van der Waals surface area contributed by atoms with E-state index in [2.05, 4.69) is 20.1 Å². The lowest BCUT2D eigenvalue weighted by molar-refractivity contribution is 0.0230. The second kappa shape index (κ2) is 8.19. The maximum absolute atomic E-state index is 14.2. The number of imidazole rings is 1. The van der Waals surface area contributed by atoms with E-state index in [0.717, 1.165) is 12.3 Å². The zero-order valence-electron chi connectivity index (χ0n) is 17.4. The number of halogens is 3. The summed E-state index contributed by atoms with van der Waals surface area (Å²) < 4.78 is 48.8. The second-order valence-electron chi connectivity index (χ2n) is 7.76. The van der Waals surface area contributed by atoms with Gasteiger partial charge >= 0.3 is 6.03 Å². The fourth-order valence-electron chi connectivity index (χ4n) is 3.74. The van der Waals surface area contributed by atoms with Crippen molar-refractivity contribution in [3.8, 4) is 17.4 Å². The summed E-state index contributed by atoms with van der Waals surface area (Å²) in [6.45, 7) is 0.360. The summed E-state index contributed by atoms with van der Waals surface area (Å²) in [7, 11) is 1.76. The molecule has 12 heteroatoms. The fraction of sp³-hybridized carbons (Fsp3) is 0.286. The van der Waals surface area contributed by atoms with Crippen LogP contribution in [0, 0.1) is 17.5 Å². The van der Waals surface area contributed by atoms with Crippen LogP contribution in [0.3, 0.4) is 0 Å². The van der Waals surface area contributed by atoms with Gasteiger partial charge in [0.05, 0.1) is 37.9 Å². The molecule has 170 valence electrons. The lowest BCUT2D eigenvalue weighted by Crippen LogP contribution is -2.59. The number of ether oxygens (including phenoxy) is 1. The van der Waals surface area contributed by atoms with Crippen LogP contribution in [0.2, 0.25) is 0 Å². The summed E-state index contributed by atoms with van der Waals surface area (Å²) in [5.41, 5.74) is 0.911. The van der Waals surface area contributed by atoms with E-state index in [1.807, 2.05) is 0 Å². The molecule has 33 heavy (non-hydrogen) atoms. The van der Waals surface area contributed by atoms with Crippen molar-refractivity contribution in [1.82, 2.24) is 29.4 Å². The van der Waals surface area contributed by atoms with Gasteiger partial charge in [-0.1, -0.05) is 0 Å². The first kappa shape index (κ1) is 20.9. The van der Waals surface area contributed by atoms with Crippen molar-refractivity contribution in [3.05, 3.63) is 59.9 Å². The van der Waals surface area contributed by atoms with Crippen LogP contribution in [0.4, 0.5) is 18.0 Å². The molecule has 1 aromatic carbocycles. The Hall–Kier alpha value is -3.96. The second-order valence-corrected chi connectivity index (χ2v) is 7.76. The quantitative estimate of drug-likeness (QED) is 0.601. The van der Waals surface area contributed by atoms with Crippen molar-refractivity contribution in [3.63, 3.8) is 0 Å². The molecule has 1 saturated heterocycles. The van der Waals surface area contributed by atoms with Gasteiger partial charge in [-0.2, -0.15) is 14.5 Å². The van der Waals surface area contributed by atoms with Crippen molar-refractivity contribution in [2.24, 2.45) is 12.1 Å². The zero-order valence-corrected chi connectivity index (χ0v) is 17.4. The van der Waals surface area contributed by atoms with Crippen LogP contribution in [0.25, 0.3) is 11.5 Å². The molecule has 0 saturated carbocycles. The molecule has 2 aromatic heterocycles. The number of nitrogens with zero attached hydrogens (tertiary/aromatic N) is 7. The average Bonchev–Trinajstić information content (AvgIpc) is 3.39. The van der Waals surface area contributed by atoms with Crippen molar-refractivity contribution in [2.45, 2.75) is 18.6 Å². The monoisotopic (exact) mass is 457 g/mol. The Kier molecular flexibility index (Phi) is 5.19. The van der Waals surface area contributed by atoms with Gasteiger partial charge < -0.3 is 14.2 Å². The molecule has 9 nitrogen and oxygen atoms in total. The number of amides is 2. The van der Waals surface area contributed by atoms with E-state index in [9.17, 15) is 18.0 Å². The van der Waals surface area contributed by atoms with Gasteiger partial charge in [-0.25, -0.2) is 28.6 Å². The molecule has 2 aliphatic rings. The number of aromatic nitrogens is 4. The summed E-state index contributed by atoms with van der Waals surface area (Å²) in [4.78, 5) is 26.4. The lowest BCUT2D eigenvalue weighted by atomic mass is 10.0. The predicted octanol–water partition coefficient (Wildman–Crippen LogP) is 2.91. The van der Waals surface area contributed by atoms with E-state index in [1.165, 1.54) is 28.3 Å². The molecule has 1 unspecified atom stereocenters. The normalized spacial score (nSPS) is 18.0. The highest BCUT2D eigenvalue weighted by Gasteiger charge is 2.39. The number of likely N-dealkylation sites (tertiary alicyclic amines) is 1. The lowest BCUT2D eigenvalue weighted by Gasteiger charge is -2.40. The summed E-state index contributed by atoms with van der Waals surface area (Å²) in [6, 6.07) is 2.10. The van der Waals surface area contributed by atoms with Crippen LogP contribution in [0.1, 0.15) is 18.0 Å². The third-order valence-electron chi connectivity index (χ3n) is 5.45. The molecule has 0 bridgehead atoms. The van der Waals surface area contributed by atoms with E-state index < -0.39 is 35.6 Å². The molecule has 5 rings (SSSR count). The first-order valence-corrected chi connectivity index (χ1v) is 10.1. The Bertz CT molecular complexity index is 1220. The first-order chi connectivity index (χ1) is 15.9. The van der Waals surface area contributed by atoms with Crippen LogP contribution in [0.5, 0.6) is 5.88 Å². The van der Waals surface area contributed by atoms with E-state index in [0.29, 0.717) is 17.7 Å². The molecular formula is C21H18F3N7O2. The van der Waals surface area contributed by atoms with Crippen molar-refractivity contribution >= 4 is 12.2 Å². The topological polar surface area (TPSA) is 88.7 Å². The van der Waals surface area contributed by atoms with Crippen LogP contribution in [0.15, 0.2) is 42.0 Å². The molecule has 0 N–H and O–H groups in total. The SMILES string of the molecule is Cn1cncc1-c1ncc(F)c(OC2CN(C(=O)N3N=CCC3c3cc(F)cc(F)c3)C2)n1. The Labute approximate surface area is 186 Å².